The lowest BCUT2D eigenvalue weighted by Gasteiger charge is -2.54. The van der Waals surface area contributed by atoms with Crippen LogP contribution in [0.2, 0.25) is 0 Å². The monoisotopic (exact) mass is 244 g/mol. The summed E-state index contributed by atoms with van der Waals surface area (Å²) in [6.07, 6.45) is 0.895. The molecule has 0 spiro atoms. The Balaban J connectivity index is 3.45. The molecule has 2 N–H and O–H groups in total. The average molecular weight is 244 g/mol. The molecule has 17 heavy (non-hydrogen) atoms. The van der Waals surface area contributed by atoms with Crippen LogP contribution in [0.5, 0.6) is 0 Å². The van der Waals surface area contributed by atoms with Gasteiger partial charge in [0, 0.05) is 13.3 Å². The van der Waals surface area contributed by atoms with E-state index in [-0.39, 0.29) is 0 Å². The van der Waals surface area contributed by atoms with Gasteiger partial charge in [-0.3, -0.25) is 0 Å². The molecule has 1 amide bonds. The normalized spacial score (nSPS) is 34.4. The molecule has 1 rings (SSSR count). The third-order valence-corrected chi connectivity index (χ3v) is 4.18. The lowest BCUT2D eigenvalue weighted by molar-refractivity contribution is -0.945. The second-order valence-corrected chi connectivity index (χ2v) is 6.02. The van der Waals surface area contributed by atoms with Gasteiger partial charge in [0.25, 0.3) is 0 Å². The number of rotatable bonds is 1. The highest BCUT2D eigenvalue weighted by Gasteiger charge is 2.65. The number of carboxylic acid groups (broad SMARTS) is 2. The van der Waals surface area contributed by atoms with Crippen molar-refractivity contribution in [2.45, 2.75) is 58.0 Å². The quantitative estimate of drug-likeness (QED) is 0.694. The molecule has 98 valence electrons. The van der Waals surface area contributed by atoms with Gasteiger partial charge >= 0.3 is 12.1 Å². The molecule has 1 aliphatic rings. The largest absolute Gasteiger partial charge is 0.514 e. The number of quaternary nitrogens is 1. The Morgan fingerprint density at radius 2 is 1.71 bits per heavy atom. The van der Waals surface area contributed by atoms with Crippen molar-refractivity contribution >= 4 is 12.1 Å². The standard InChI is InChI=1S/C12H21NO4/c1-11(2,3)13(10(16)17)8-6-5-7-12(13,4)9(14)15/h5-8H2,1-4H3,(H-,14,15,16,17)/p+1. The van der Waals surface area contributed by atoms with Gasteiger partial charge in [0.2, 0.25) is 5.54 Å². The zero-order valence-electron chi connectivity index (χ0n) is 11.0. The predicted molar refractivity (Wildman–Crippen MR) is 62.8 cm³/mol. The van der Waals surface area contributed by atoms with Gasteiger partial charge < -0.3 is 10.2 Å². The van der Waals surface area contributed by atoms with Crippen molar-refractivity contribution in [1.29, 1.82) is 0 Å². The van der Waals surface area contributed by atoms with Crippen LogP contribution in [0, 0.1) is 0 Å². The molecule has 1 heterocycles. The Hall–Kier alpha value is -1.10. The summed E-state index contributed by atoms with van der Waals surface area (Å²) < 4.78 is -0.394. The molecule has 0 aromatic heterocycles. The predicted octanol–water partition coefficient (Wildman–Crippen LogP) is 2.31. The van der Waals surface area contributed by atoms with Gasteiger partial charge in [-0.25, -0.2) is 9.28 Å². The number of carboxylic acids is 1. The SMILES string of the molecule is CC(C)(C)[N+]1(C(=O)O)CCCCC1(C)C(=O)O. The van der Waals surface area contributed by atoms with E-state index in [1.807, 2.05) is 0 Å². The number of nitrogens with zero attached hydrogens (tertiary/aromatic N) is 1. The zero-order valence-corrected chi connectivity index (χ0v) is 11.0. The van der Waals surface area contributed by atoms with Gasteiger partial charge in [0.1, 0.15) is 5.54 Å². The second-order valence-electron chi connectivity index (χ2n) is 6.02. The van der Waals surface area contributed by atoms with Crippen LogP contribution in [-0.4, -0.2) is 44.4 Å². The molecule has 1 aliphatic heterocycles. The van der Waals surface area contributed by atoms with Crippen LogP contribution in [0.25, 0.3) is 0 Å². The fourth-order valence-corrected chi connectivity index (χ4v) is 3.20. The Labute approximate surface area is 102 Å². The van der Waals surface area contributed by atoms with Crippen molar-refractivity contribution in [3.05, 3.63) is 0 Å². The van der Waals surface area contributed by atoms with Crippen LogP contribution >= 0.6 is 0 Å². The minimum Gasteiger partial charge on any atom is -0.477 e. The van der Waals surface area contributed by atoms with Crippen LogP contribution in [0.1, 0.15) is 47.0 Å². The molecular weight excluding hydrogens is 222 g/mol. The summed E-state index contributed by atoms with van der Waals surface area (Å²) in [5.41, 5.74) is -1.89. The van der Waals surface area contributed by atoms with E-state index in [0.29, 0.717) is 13.0 Å². The molecule has 1 saturated heterocycles. The molecule has 0 saturated carbocycles. The van der Waals surface area contributed by atoms with Gasteiger partial charge in [-0.1, -0.05) is 0 Å². The van der Waals surface area contributed by atoms with Crippen molar-refractivity contribution in [3.8, 4) is 0 Å². The van der Waals surface area contributed by atoms with E-state index in [0.717, 1.165) is 12.8 Å². The summed E-state index contributed by atoms with van der Waals surface area (Å²) in [5.74, 6) is -1.02. The molecule has 1 fully saturated rings. The van der Waals surface area contributed by atoms with Gasteiger partial charge in [0.15, 0.2) is 0 Å². The van der Waals surface area contributed by atoms with E-state index < -0.39 is 27.6 Å². The number of piperidine rings is 1. The van der Waals surface area contributed by atoms with Gasteiger partial charge in [-0.05, 0) is 33.6 Å². The highest BCUT2D eigenvalue weighted by Crippen LogP contribution is 2.43. The summed E-state index contributed by atoms with van der Waals surface area (Å²) in [7, 11) is 0. The molecule has 0 aromatic carbocycles. The Bertz CT molecular complexity index is 347. The fraction of sp³-hybridized carbons (Fsp3) is 0.833. The maximum atomic E-state index is 11.8. The lowest BCUT2D eigenvalue weighted by atomic mass is 9.80. The molecule has 5 nitrogen and oxygen atoms in total. The molecule has 5 heteroatoms. The smallest absolute Gasteiger partial charge is 0.477 e. The Morgan fingerprint density at radius 3 is 2.00 bits per heavy atom. The van der Waals surface area contributed by atoms with E-state index >= 15 is 0 Å². The van der Waals surface area contributed by atoms with Crippen molar-refractivity contribution in [2.24, 2.45) is 0 Å². The van der Waals surface area contributed by atoms with Crippen molar-refractivity contribution in [2.75, 3.05) is 6.54 Å². The first-order chi connectivity index (χ1) is 7.59. The lowest BCUT2D eigenvalue weighted by Crippen LogP contribution is -2.77. The summed E-state index contributed by atoms with van der Waals surface area (Å²) in [6.45, 7) is 7.34. The first-order valence-electron chi connectivity index (χ1n) is 5.95. The first-order valence-corrected chi connectivity index (χ1v) is 5.95. The minimum absolute atomic E-state index is 0.377. The number of amides is 1. The fourth-order valence-electron chi connectivity index (χ4n) is 3.20. The van der Waals surface area contributed by atoms with Gasteiger partial charge in [-0.15, -0.1) is 0 Å². The topological polar surface area (TPSA) is 74.6 Å². The number of hydrogen-bond acceptors (Lipinski definition) is 2. The van der Waals surface area contributed by atoms with Crippen LogP contribution in [0.4, 0.5) is 4.79 Å². The number of carbonyl (C=O) groups is 2. The van der Waals surface area contributed by atoms with Crippen LogP contribution in [0.3, 0.4) is 0 Å². The third kappa shape index (κ3) is 1.73. The highest BCUT2D eigenvalue weighted by atomic mass is 16.4. The van der Waals surface area contributed by atoms with Crippen LogP contribution in [0.15, 0.2) is 0 Å². The number of hydrogen-bond donors (Lipinski definition) is 2. The molecule has 0 aromatic rings. The number of likely N-dealkylation sites (tertiary alicyclic amines) is 1. The van der Waals surface area contributed by atoms with E-state index in [1.54, 1.807) is 27.7 Å². The van der Waals surface area contributed by atoms with E-state index in [2.05, 4.69) is 0 Å². The van der Waals surface area contributed by atoms with Crippen molar-refractivity contribution < 1.29 is 24.3 Å². The molecule has 0 radical (unpaired) electrons. The minimum atomic E-state index is -1.25. The Kier molecular flexibility index (Phi) is 3.27. The average Bonchev–Trinajstić information content (AvgIpc) is 2.15. The summed E-state index contributed by atoms with van der Waals surface area (Å²) >= 11 is 0. The van der Waals surface area contributed by atoms with Gasteiger partial charge in [-0.2, -0.15) is 4.79 Å². The van der Waals surface area contributed by atoms with Crippen LogP contribution in [-0.2, 0) is 4.79 Å². The molecule has 0 bridgehead atoms. The van der Waals surface area contributed by atoms with E-state index in [9.17, 15) is 19.8 Å². The first kappa shape index (κ1) is 14.0. The molecular formula is C12H22NO4+. The van der Waals surface area contributed by atoms with Crippen molar-refractivity contribution in [1.82, 2.24) is 0 Å². The Morgan fingerprint density at radius 1 is 1.18 bits per heavy atom. The van der Waals surface area contributed by atoms with Crippen LogP contribution < -0.4 is 0 Å². The third-order valence-electron chi connectivity index (χ3n) is 4.18. The number of aliphatic carboxylic acids is 1. The molecule has 0 aliphatic carbocycles. The molecule has 2 unspecified atom stereocenters. The molecule has 2 atom stereocenters. The van der Waals surface area contributed by atoms with E-state index in [4.69, 9.17) is 0 Å². The maximum Gasteiger partial charge on any atom is 0.514 e. The maximum absolute atomic E-state index is 11.8. The van der Waals surface area contributed by atoms with E-state index in [1.165, 1.54) is 0 Å². The zero-order chi connectivity index (χ0) is 13.5. The second kappa shape index (κ2) is 3.98. The summed E-state index contributed by atoms with van der Waals surface area (Å²) in [5, 5.41) is 19.1. The summed E-state index contributed by atoms with van der Waals surface area (Å²) in [6, 6.07) is 0. The van der Waals surface area contributed by atoms with Gasteiger partial charge in [0.05, 0.1) is 6.54 Å². The highest BCUT2D eigenvalue weighted by molar-refractivity contribution is 5.79. The summed E-state index contributed by atoms with van der Waals surface area (Å²) in [4.78, 5) is 23.3. The van der Waals surface area contributed by atoms with Crippen molar-refractivity contribution in [3.63, 3.8) is 0 Å².